The summed E-state index contributed by atoms with van der Waals surface area (Å²) < 4.78 is 4.79. The number of piperidine rings is 1. The Balaban J connectivity index is 2.08. The van der Waals surface area contributed by atoms with Crippen LogP contribution in [0.2, 0.25) is 0 Å². The highest BCUT2D eigenvalue weighted by Crippen LogP contribution is 2.20. The summed E-state index contributed by atoms with van der Waals surface area (Å²) in [6, 6.07) is 7.73. The third-order valence-corrected chi connectivity index (χ3v) is 4.35. The van der Waals surface area contributed by atoms with Crippen molar-refractivity contribution < 1.29 is 14.3 Å². The van der Waals surface area contributed by atoms with E-state index in [4.69, 9.17) is 4.74 Å². The number of esters is 1. The minimum Gasteiger partial charge on any atom is -0.469 e. The molecule has 1 aromatic rings. The van der Waals surface area contributed by atoms with Crippen LogP contribution in [-0.4, -0.2) is 43.2 Å². The number of amides is 1. The summed E-state index contributed by atoms with van der Waals surface area (Å²) in [4.78, 5) is 26.0. The zero-order chi connectivity index (χ0) is 15.2. The Labute approximate surface area is 129 Å². The number of thioether (sulfide) groups is 1. The van der Waals surface area contributed by atoms with Gasteiger partial charge in [0.25, 0.3) is 5.91 Å². The molecule has 0 bridgehead atoms. The van der Waals surface area contributed by atoms with Crippen molar-refractivity contribution in [1.29, 1.82) is 0 Å². The van der Waals surface area contributed by atoms with Crippen molar-refractivity contribution in [1.82, 2.24) is 4.90 Å². The van der Waals surface area contributed by atoms with Crippen molar-refractivity contribution in [2.45, 2.75) is 18.6 Å². The fraction of sp³-hybridized carbons (Fsp3) is 0.500. The average molecular weight is 307 g/mol. The maximum Gasteiger partial charge on any atom is 0.310 e. The fourth-order valence-corrected chi connectivity index (χ4v) is 3.18. The number of nitrogens with zero attached hydrogens (tertiary/aromatic N) is 1. The molecule has 114 valence electrons. The van der Waals surface area contributed by atoms with E-state index in [1.807, 2.05) is 30.5 Å². The molecule has 1 heterocycles. The van der Waals surface area contributed by atoms with Gasteiger partial charge in [-0.05, 0) is 36.8 Å². The average Bonchev–Trinajstić information content (AvgIpc) is 2.54. The predicted octanol–water partition coefficient (Wildman–Crippen LogP) is 2.57. The first kappa shape index (κ1) is 15.9. The molecule has 1 aliphatic rings. The third kappa shape index (κ3) is 4.00. The minimum atomic E-state index is -0.219. The zero-order valence-electron chi connectivity index (χ0n) is 12.5. The summed E-state index contributed by atoms with van der Waals surface area (Å²) in [7, 11) is 1.40. The Hall–Kier alpha value is -1.49. The Morgan fingerprint density at radius 3 is 2.95 bits per heavy atom. The van der Waals surface area contributed by atoms with Gasteiger partial charge in [-0.25, -0.2) is 0 Å². The topological polar surface area (TPSA) is 46.6 Å². The van der Waals surface area contributed by atoms with Crippen molar-refractivity contribution in [2.75, 3.05) is 26.5 Å². The minimum absolute atomic E-state index is 0.00607. The molecule has 0 N–H and O–H groups in total. The van der Waals surface area contributed by atoms with Crippen molar-refractivity contribution in [3.05, 3.63) is 35.4 Å². The van der Waals surface area contributed by atoms with E-state index in [0.29, 0.717) is 18.7 Å². The van der Waals surface area contributed by atoms with Crippen LogP contribution < -0.4 is 0 Å². The van der Waals surface area contributed by atoms with Gasteiger partial charge in [0.2, 0.25) is 0 Å². The van der Waals surface area contributed by atoms with Gasteiger partial charge >= 0.3 is 5.97 Å². The lowest BCUT2D eigenvalue weighted by Crippen LogP contribution is -2.42. The van der Waals surface area contributed by atoms with Crippen LogP contribution in [0.1, 0.15) is 28.8 Å². The first-order valence-corrected chi connectivity index (χ1v) is 8.50. The number of hydrogen-bond donors (Lipinski definition) is 0. The number of hydrogen-bond acceptors (Lipinski definition) is 4. The molecule has 1 amide bonds. The Morgan fingerprint density at radius 2 is 2.24 bits per heavy atom. The molecule has 1 saturated heterocycles. The standard InChI is InChI=1S/C16H21NO3S/c1-20-16(19)14-7-4-8-17(10-14)15(18)13-6-3-5-12(9-13)11-21-2/h3,5-6,9,14H,4,7-8,10-11H2,1-2H3/t14-/m0/s1. The molecule has 0 saturated carbocycles. The normalized spacial score (nSPS) is 18.4. The van der Waals surface area contributed by atoms with Crippen LogP contribution in [0.5, 0.6) is 0 Å². The van der Waals surface area contributed by atoms with Crippen LogP contribution in [0.25, 0.3) is 0 Å². The van der Waals surface area contributed by atoms with Gasteiger partial charge in [0.05, 0.1) is 13.0 Å². The van der Waals surface area contributed by atoms with Crippen LogP contribution in [0.4, 0.5) is 0 Å². The molecule has 1 fully saturated rings. The molecule has 21 heavy (non-hydrogen) atoms. The molecule has 0 unspecified atom stereocenters. The van der Waals surface area contributed by atoms with Crippen molar-refractivity contribution in [2.24, 2.45) is 5.92 Å². The number of methoxy groups -OCH3 is 1. The van der Waals surface area contributed by atoms with Gasteiger partial charge in [0.1, 0.15) is 0 Å². The van der Waals surface area contributed by atoms with E-state index >= 15 is 0 Å². The van der Waals surface area contributed by atoms with E-state index in [2.05, 4.69) is 0 Å². The van der Waals surface area contributed by atoms with Crippen LogP contribution >= 0.6 is 11.8 Å². The van der Waals surface area contributed by atoms with E-state index in [-0.39, 0.29) is 17.8 Å². The fourth-order valence-electron chi connectivity index (χ4n) is 2.66. The molecular formula is C16H21NO3S. The molecule has 5 heteroatoms. The van der Waals surface area contributed by atoms with Crippen LogP contribution in [0.15, 0.2) is 24.3 Å². The zero-order valence-corrected chi connectivity index (χ0v) is 13.3. The van der Waals surface area contributed by atoms with Crippen molar-refractivity contribution >= 4 is 23.6 Å². The first-order valence-electron chi connectivity index (χ1n) is 7.10. The number of ether oxygens (including phenoxy) is 1. The molecule has 0 aliphatic carbocycles. The summed E-state index contributed by atoms with van der Waals surface area (Å²) in [5, 5.41) is 0. The molecule has 0 radical (unpaired) electrons. The van der Waals surface area contributed by atoms with E-state index in [1.54, 1.807) is 16.7 Å². The molecule has 0 aromatic heterocycles. The lowest BCUT2D eigenvalue weighted by atomic mass is 9.97. The maximum atomic E-state index is 12.6. The SMILES string of the molecule is COC(=O)[C@H]1CCCN(C(=O)c2cccc(CSC)c2)C1. The Kier molecular flexibility index (Phi) is 5.67. The summed E-state index contributed by atoms with van der Waals surface area (Å²) >= 11 is 1.73. The van der Waals surface area contributed by atoms with Gasteiger partial charge in [0, 0.05) is 24.4 Å². The van der Waals surface area contributed by atoms with E-state index in [1.165, 1.54) is 7.11 Å². The largest absolute Gasteiger partial charge is 0.469 e. The van der Waals surface area contributed by atoms with E-state index in [9.17, 15) is 9.59 Å². The number of likely N-dealkylation sites (tertiary alicyclic amines) is 1. The number of benzene rings is 1. The van der Waals surface area contributed by atoms with Crippen LogP contribution in [-0.2, 0) is 15.3 Å². The van der Waals surface area contributed by atoms with Crippen LogP contribution in [0.3, 0.4) is 0 Å². The second-order valence-electron chi connectivity index (χ2n) is 5.25. The molecule has 1 atom stereocenters. The molecular weight excluding hydrogens is 286 g/mol. The van der Waals surface area contributed by atoms with Crippen LogP contribution in [0, 0.1) is 5.92 Å². The summed E-state index contributed by atoms with van der Waals surface area (Å²) in [6.45, 7) is 1.16. The highest BCUT2D eigenvalue weighted by atomic mass is 32.2. The lowest BCUT2D eigenvalue weighted by Gasteiger charge is -2.31. The van der Waals surface area contributed by atoms with Gasteiger partial charge in [-0.3, -0.25) is 9.59 Å². The molecule has 1 aromatic carbocycles. The first-order chi connectivity index (χ1) is 10.2. The monoisotopic (exact) mass is 307 g/mol. The molecule has 4 nitrogen and oxygen atoms in total. The summed E-state index contributed by atoms with van der Waals surface area (Å²) in [5.41, 5.74) is 1.85. The summed E-state index contributed by atoms with van der Waals surface area (Å²) in [5.74, 6) is 0.489. The maximum absolute atomic E-state index is 12.6. The molecule has 0 spiro atoms. The van der Waals surface area contributed by atoms with E-state index in [0.717, 1.165) is 24.2 Å². The summed E-state index contributed by atoms with van der Waals surface area (Å²) in [6.07, 6.45) is 3.68. The van der Waals surface area contributed by atoms with Gasteiger partial charge < -0.3 is 9.64 Å². The van der Waals surface area contributed by atoms with Crippen molar-refractivity contribution in [3.63, 3.8) is 0 Å². The number of carbonyl (C=O) groups is 2. The molecule has 2 rings (SSSR count). The van der Waals surface area contributed by atoms with Gasteiger partial charge in [-0.1, -0.05) is 12.1 Å². The van der Waals surface area contributed by atoms with Crippen molar-refractivity contribution in [3.8, 4) is 0 Å². The highest BCUT2D eigenvalue weighted by molar-refractivity contribution is 7.97. The number of carbonyl (C=O) groups excluding carboxylic acids is 2. The van der Waals surface area contributed by atoms with Gasteiger partial charge in [-0.15, -0.1) is 0 Å². The number of rotatable bonds is 4. The Bertz CT molecular complexity index is 518. The van der Waals surface area contributed by atoms with E-state index < -0.39 is 0 Å². The smallest absolute Gasteiger partial charge is 0.310 e. The quantitative estimate of drug-likeness (QED) is 0.802. The predicted molar refractivity (Wildman–Crippen MR) is 84.3 cm³/mol. The second-order valence-corrected chi connectivity index (χ2v) is 6.11. The highest BCUT2D eigenvalue weighted by Gasteiger charge is 2.29. The third-order valence-electron chi connectivity index (χ3n) is 3.73. The Morgan fingerprint density at radius 1 is 1.43 bits per heavy atom. The van der Waals surface area contributed by atoms with Gasteiger partial charge in [-0.2, -0.15) is 11.8 Å². The second kappa shape index (κ2) is 7.50. The lowest BCUT2D eigenvalue weighted by molar-refractivity contribution is -0.146. The van der Waals surface area contributed by atoms with Gasteiger partial charge in [0.15, 0.2) is 0 Å². The molecule has 1 aliphatic heterocycles.